The smallest absolute Gasteiger partial charge is 0.166 e. The van der Waals surface area contributed by atoms with E-state index in [1.807, 2.05) is 14.0 Å². The van der Waals surface area contributed by atoms with Crippen molar-refractivity contribution in [2.24, 2.45) is 5.73 Å². The highest BCUT2D eigenvalue weighted by Crippen LogP contribution is 1.76. The van der Waals surface area contributed by atoms with Gasteiger partial charge in [0.25, 0.3) is 0 Å². The Balaban J connectivity index is 3.34. The van der Waals surface area contributed by atoms with Crippen LogP contribution in [0.2, 0.25) is 0 Å². The van der Waals surface area contributed by atoms with Gasteiger partial charge in [0.15, 0.2) is 5.11 Å². The quantitative estimate of drug-likeness (QED) is 0.498. The Morgan fingerprint density at radius 3 is 2.29 bits per heavy atom. The second-order valence-corrected chi connectivity index (χ2v) is 1.77. The lowest BCUT2D eigenvalue weighted by Gasteiger charge is -2.11. The van der Waals surface area contributed by atoms with Gasteiger partial charge in [-0.25, -0.2) is 0 Å². The van der Waals surface area contributed by atoms with E-state index in [-0.39, 0.29) is 0 Å². The largest absolute Gasteiger partial charge is 0.376 e. The minimum Gasteiger partial charge on any atom is -0.376 e. The summed E-state index contributed by atoms with van der Waals surface area (Å²) in [6.45, 7) is 2.88. The van der Waals surface area contributed by atoms with Crippen molar-refractivity contribution in [3.63, 3.8) is 0 Å². The van der Waals surface area contributed by atoms with Crippen LogP contribution in [-0.2, 0) is 0 Å². The van der Waals surface area contributed by atoms with Gasteiger partial charge in [-0.3, -0.25) is 0 Å². The normalized spacial score (nSPS) is 8.29. The Hall–Kier alpha value is -0.310. The molecule has 0 heterocycles. The van der Waals surface area contributed by atoms with Crippen molar-refractivity contribution in [3.8, 4) is 0 Å². The molecule has 42 valence electrons. The van der Waals surface area contributed by atoms with Crippen molar-refractivity contribution in [2.45, 2.75) is 6.92 Å². The maximum atomic E-state index is 5.20. The molecule has 0 saturated carbocycles. The van der Waals surface area contributed by atoms with Crippen LogP contribution < -0.4 is 5.73 Å². The Bertz CT molecular complexity index is 72.1. The van der Waals surface area contributed by atoms with E-state index in [4.69, 9.17) is 5.73 Å². The van der Waals surface area contributed by atoms with Crippen molar-refractivity contribution >= 4 is 17.3 Å². The molecule has 3 heteroatoms. The molecule has 0 amide bonds. The summed E-state index contributed by atoms with van der Waals surface area (Å²) in [5, 5.41) is 0.461. The third-order valence-corrected chi connectivity index (χ3v) is 1.16. The highest BCUT2D eigenvalue weighted by Gasteiger charge is 1.89. The third kappa shape index (κ3) is 2.39. The third-order valence-electron chi connectivity index (χ3n) is 0.851. The summed E-state index contributed by atoms with van der Waals surface area (Å²) in [7, 11) is 1.86. The maximum Gasteiger partial charge on any atom is 0.166 e. The zero-order valence-corrected chi connectivity index (χ0v) is 5.46. The summed E-state index contributed by atoms with van der Waals surface area (Å²) in [6.07, 6.45) is 0. The highest BCUT2D eigenvalue weighted by atomic mass is 32.1. The second kappa shape index (κ2) is 2.80. The molecule has 0 radical (unpaired) electrons. The predicted molar refractivity (Wildman–Crippen MR) is 35.1 cm³/mol. The van der Waals surface area contributed by atoms with Crippen LogP contribution in [0.1, 0.15) is 6.92 Å². The minimum absolute atomic E-state index is 0.461. The average Bonchev–Trinajstić information content (AvgIpc) is 1.65. The molecule has 0 aliphatic carbocycles. The number of rotatable bonds is 1. The van der Waals surface area contributed by atoms with Crippen molar-refractivity contribution in [1.29, 1.82) is 0 Å². The first kappa shape index (κ1) is 6.69. The molecule has 2 N–H and O–H groups in total. The summed E-state index contributed by atoms with van der Waals surface area (Å²) < 4.78 is 0. The maximum absolute atomic E-state index is 5.20. The van der Waals surface area contributed by atoms with Gasteiger partial charge in [0, 0.05) is 13.6 Å². The lowest BCUT2D eigenvalue weighted by Crippen LogP contribution is -2.31. The highest BCUT2D eigenvalue weighted by molar-refractivity contribution is 7.80. The molecule has 0 aromatic heterocycles. The van der Waals surface area contributed by atoms with Gasteiger partial charge >= 0.3 is 0 Å². The van der Waals surface area contributed by atoms with Crippen molar-refractivity contribution in [3.05, 3.63) is 0 Å². The molecular weight excluding hydrogens is 108 g/mol. The summed E-state index contributed by atoms with van der Waals surface area (Å²) in [5.74, 6) is 0. The lowest BCUT2D eigenvalue weighted by molar-refractivity contribution is 0.540. The minimum atomic E-state index is 0.461. The first-order valence-corrected chi connectivity index (χ1v) is 2.60. The van der Waals surface area contributed by atoms with Gasteiger partial charge in [0.1, 0.15) is 0 Å². The van der Waals surface area contributed by atoms with Gasteiger partial charge in [-0.15, -0.1) is 0 Å². The van der Waals surface area contributed by atoms with Gasteiger partial charge in [0.2, 0.25) is 0 Å². The number of hydrogen-bond acceptors (Lipinski definition) is 1. The molecule has 0 unspecified atom stereocenters. The zero-order chi connectivity index (χ0) is 5.86. The molecule has 0 aromatic carbocycles. The molecule has 0 saturated heterocycles. The molecule has 0 bridgehead atoms. The van der Waals surface area contributed by atoms with Crippen LogP contribution in [-0.4, -0.2) is 23.6 Å². The molecule has 0 aromatic rings. The Kier molecular flexibility index (Phi) is 2.67. The SMILES string of the molecule is CCN(C)C(N)=S. The van der Waals surface area contributed by atoms with E-state index < -0.39 is 0 Å². The van der Waals surface area contributed by atoms with Crippen LogP contribution in [0, 0.1) is 0 Å². The molecule has 0 atom stereocenters. The van der Waals surface area contributed by atoms with E-state index in [0.29, 0.717) is 5.11 Å². The fourth-order valence-corrected chi connectivity index (χ4v) is 0.285. The Morgan fingerprint density at radius 2 is 2.29 bits per heavy atom. The van der Waals surface area contributed by atoms with Gasteiger partial charge in [0.05, 0.1) is 0 Å². The van der Waals surface area contributed by atoms with E-state index in [9.17, 15) is 0 Å². The van der Waals surface area contributed by atoms with Crippen LogP contribution in [0.5, 0.6) is 0 Å². The first-order valence-electron chi connectivity index (χ1n) is 2.19. The van der Waals surface area contributed by atoms with Crippen molar-refractivity contribution in [1.82, 2.24) is 4.90 Å². The number of nitrogens with zero attached hydrogens (tertiary/aromatic N) is 1. The molecule has 0 spiro atoms. The van der Waals surface area contributed by atoms with Crippen LogP contribution in [0.15, 0.2) is 0 Å². The van der Waals surface area contributed by atoms with Crippen LogP contribution in [0.3, 0.4) is 0 Å². The standard InChI is InChI=1S/C4H10N2S/c1-3-6(2)4(5)7/h3H2,1-2H3,(H2,5,7). The van der Waals surface area contributed by atoms with Crippen LogP contribution in [0.4, 0.5) is 0 Å². The molecule has 7 heavy (non-hydrogen) atoms. The molecule has 0 rings (SSSR count). The topological polar surface area (TPSA) is 29.3 Å². The van der Waals surface area contributed by atoms with Crippen LogP contribution in [0.25, 0.3) is 0 Å². The van der Waals surface area contributed by atoms with Crippen LogP contribution >= 0.6 is 12.2 Å². The summed E-state index contributed by atoms with van der Waals surface area (Å²) in [5.41, 5.74) is 5.20. The van der Waals surface area contributed by atoms with E-state index in [2.05, 4.69) is 12.2 Å². The Labute approximate surface area is 49.3 Å². The first-order chi connectivity index (χ1) is 3.18. The summed E-state index contributed by atoms with van der Waals surface area (Å²) in [6, 6.07) is 0. The molecular formula is C4H10N2S. The van der Waals surface area contributed by atoms with Gasteiger partial charge in [-0.2, -0.15) is 0 Å². The second-order valence-electron chi connectivity index (χ2n) is 1.35. The molecule has 0 fully saturated rings. The number of nitrogens with two attached hydrogens (primary N) is 1. The van der Waals surface area contributed by atoms with Gasteiger partial charge < -0.3 is 10.6 Å². The fourth-order valence-electron chi connectivity index (χ4n) is 0.156. The van der Waals surface area contributed by atoms with E-state index in [1.165, 1.54) is 0 Å². The van der Waals surface area contributed by atoms with Gasteiger partial charge in [-0.05, 0) is 19.1 Å². The van der Waals surface area contributed by atoms with Crippen molar-refractivity contribution in [2.75, 3.05) is 13.6 Å². The van der Waals surface area contributed by atoms with E-state index in [1.54, 1.807) is 4.90 Å². The zero-order valence-electron chi connectivity index (χ0n) is 4.64. The van der Waals surface area contributed by atoms with E-state index in [0.717, 1.165) is 6.54 Å². The predicted octanol–water partition coefficient (Wildman–Crippen LogP) is 0.182. The van der Waals surface area contributed by atoms with E-state index >= 15 is 0 Å². The Morgan fingerprint density at radius 1 is 1.86 bits per heavy atom. The lowest BCUT2D eigenvalue weighted by atomic mass is 10.7. The molecule has 0 aliphatic heterocycles. The summed E-state index contributed by atoms with van der Waals surface area (Å²) in [4.78, 5) is 1.80. The molecule has 0 aliphatic rings. The number of thiocarbonyl (C=S) groups is 1. The molecule has 2 nitrogen and oxygen atoms in total. The van der Waals surface area contributed by atoms with Gasteiger partial charge in [-0.1, -0.05) is 0 Å². The van der Waals surface area contributed by atoms with Crippen molar-refractivity contribution < 1.29 is 0 Å². The summed E-state index contributed by atoms with van der Waals surface area (Å²) >= 11 is 4.62. The average molecular weight is 118 g/mol. The monoisotopic (exact) mass is 118 g/mol. The fraction of sp³-hybridized carbons (Fsp3) is 0.750. The number of hydrogen-bond donors (Lipinski definition) is 1.